The number of fused-ring (bicyclic) bond motifs is 1. The molecule has 1 N–H and O–H groups in total. The van der Waals surface area contributed by atoms with E-state index in [0.717, 1.165) is 22.9 Å². The minimum Gasteiger partial charge on any atom is -0.273 e. The lowest BCUT2D eigenvalue weighted by atomic mass is 10.1. The Kier molecular flexibility index (Phi) is 3.79. The lowest BCUT2D eigenvalue weighted by molar-refractivity contribution is -0.122. The first-order valence-corrected chi connectivity index (χ1v) is 8.04. The molecule has 1 aliphatic carbocycles. The van der Waals surface area contributed by atoms with E-state index in [1.165, 1.54) is 5.56 Å². The Bertz CT molecular complexity index is 900. The number of nitrogens with one attached hydrogen (secondary N) is 1. The number of amides is 1. The van der Waals surface area contributed by atoms with Crippen LogP contribution in [-0.4, -0.2) is 17.1 Å². The van der Waals surface area contributed by atoms with Crippen molar-refractivity contribution in [2.45, 2.75) is 12.3 Å². The molecule has 0 spiro atoms. The fourth-order valence-electron chi connectivity index (χ4n) is 3.03. The van der Waals surface area contributed by atoms with Gasteiger partial charge in [-0.1, -0.05) is 48.5 Å². The van der Waals surface area contributed by atoms with E-state index in [-0.39, 0.29) is 11.8 Å². The second-order valence-corrected chi connectivity index (χ2v) is 6.01. The predicted molar refractivity (Wildman–Crippen MR) is 94.8 cm³/mol. The van der Waals surface area contributed by atoms with E-state index < -0.39 is 0 Å². The van der Waals surface area contributed by atoms with Crippen LogP contribution >= 0.6 is 0 Å². The molecule has 0 radical (unpaired) electrons. The molecule has 2 atom stereocenters. The Labute approximate surface area is 140 Å². The number of hydrazone groups is 1. The Morgan fingerprint density at radius 2 is 1.88 bits per heavy atom. The largest absolute Gasteiger partial charge is 0.273 e. The Morgan fingerprint density at radius 3 is 2.75 bits per heavy atom. The summed E-state index contributed by atoms with van der Waals surface area (Å²) in [6.45, 7) is 0. The van der Waals surface area contributed by atoms with Crippen LogP contribution in [0.15, 0.2) is 72.0 Å². The Balaban J connectivity index is 1.42. The lowest BCUT2D eigenvalue weighted by Gasteiger charge is -2.02. The van der Waals surface area contributed by atoms with Gasteiger partial charge in [0.25, 0.3) is 0 Å². The minimum absolute atomic E-state index is 0.0153. The van der Waals surface area contributed by atoms with Crippen molar-refractivity contribution in [1.29, 1.82) is 0 Å². The minimum atomic E-state index is -0.0153. The van der Waals surface area contributed by atoms with E-state index in [2.05, 4.69) is 27.6 Å². The van der Waals surface area contributed by atoms with Gasteiger partial charge in [-0.15, -0.1) is 0 Å². The molecule has 4 rings (SSSR count). The van der Waals surface area contributed by atoms with Crippen molar-refractivity contribution in [1.82, 2.24) is 10.4 Å². The highest BCUT2D eigenvalue weighted by Gasteiger charge is 2.43. The topological polar surface area (TPSA) is 54.4 Å². The maximum Gasteiger partial charge on any atom is 0.243 e. The van der Waals surface area contributed by atoms with Gasteiger partial charge in [0.15, 0.2) is 0 Å². The van der Waals surface area contributed by atoms with Crippen LogP contribution in [-0.2, 0) is 4.79 Å². The summed E-state index contributed by atoms with van der Waals surface area (Å²) in [7, 11) is 0. The summed E-state index contributed by atoms with van der Waals surface area (Å²) in [5, 5.41) is 5.15. The molecule has 0 unspecified atom stereocenters. The number of carbonyl (C=O) groups is 1. The molecule has 1 saturated carbocycles. The van der Waals surface area contributed by atoms with Gasteiger partial charge in [-0.3, -0.25) is 9.78 Å². The van der Waals surface area contributed by atoms with Crippen LogP contribution in [0.3, 0.4) is 0 Å². The summed E-state index contributed by atoms with van der Waals surface area (Å²) in [6, 6.07) is 19.9. The number of para-hydroxylation sites is 1. The van der Waals surface area contributed by atoms with Crippen LogP contribution in [0.25, 0.3) is 10.9 Å². The highest BCUT2D eigenvalue weighted by Crippen LogP contribution is 2.47. The standard InChI is InChI=1S/C20H17N3O/c24-20(18-12-17(18)14-6-2-1-3-7-14)23-22-13-15-10-11-21-19-9-5-4-8-16(15)19/h1-11,13,17-18H,12H2,(H,23,24)/b22-13-/t17-,18+/m1/s1. The van der Waals surface area contributed by atoms with Gasteiger partial charge in [0.1, 0.15) is 0 Å². The molecule has 4 heteroatoms. The van der Waals surface area contributed by atoms with Crippen molar-refractivity contribution in [2.24, 2.45) is 11.0 Å². The second kappa shape index (κ2) is 6.24. The SMILES string of the molecule is O=C(N/N=C\c1ccnc2ccccc12)[C@H]1C[C@@H]1c1ccccc1. The molecule has 0 aliphatic heterocycles. The molecule has 4 nitrogen and oxygen atoms in total. The van der Waals surface area contributed by atoms with Gasteiger partial charge in [0.2, 0.25) is 5.91 Å². The van der Waals surface area contributed by atoms with E-state index in [4.69, 9.17) is 0 Å². The number of hydrogen-bond donors (Lipinski definition) is 1. The van der Waals surface area contributed by atoms with Crippen LogP contribution in [0.4, 0.5) is 0 Å². The van der Waals surface area contributed by atoms with Gasteiger partial charge < -0.3 is 0 Å². The third-order valence-electron chi connectivity index (χ3n) is 4.42. The number of aromatic nitrogens is 1. The van der Waals surface area contributed by atoms with Crippen molar-refractivity contribution in [2.75, 3.05) is 0 Å². The smallest absolute Gasteiger partial charge is 0.243 e. The first-order chi connectivity index (χ1) is 11.8. The van der Waals surface area contributed by atoms with E-state index in [1.807, 2.05) is 48.5 Å². The number of pyridine rings is 1. The number of benzene rings is 2. The average molecular weight is 315 g/mol. The molecule has 1 fully saturated rings. The van der Waals surface area contributed by atoms with Crippen molar-refractivity contribution < 1.29 is 4.79 Å². The van der Waals surface area contributed by atoms with Crippen molar-refractivity contribution >= 4 is 23.0 Å². The Morgan fingerprint density at radius 1 is 1.08 bits per heavy atom. The summed E-state index contributed by atoms with van der Waals surface area (Å²) in [4.78, 5) is 16.5. The first kappa shape index (κ1) is 14.6. The molecule has 3 aromatic rings. The zero-order valence-corrected chi connectivity index (χ0v) is 13.1. The van der Waals surface area contributed by atoms with E-state index >= 15 is 0 Å². The van der Waals surface area contributed by atoms with Crippen molar-refractivity contribution in [3.63, 3.8) is 0 Å². The van der Waals surface area contributed by atoms with Crippen LogP contribution in [0.2, 0.25) is 0 Å². The summed E-state index contributed by atoms with van der Waals surface area (Å²) < 4.78 is 0. The maximum atomic E-state index is 12.2. The summed E-state index contributed by atoms with van der Waals surface area (Å²) in [5.74, 6) is 0.334. The van der Waals surface area contributed by atoms with Gasteiger partial charge in [0, 0.05) is 23.1 Å². The van der Waals surface area contributed by atoms with Gasteiger partial charge in [-0.25, -0.2) is 5.43 Å². The highest BCUT2D eigenvalue weighted by atomic mass is 16.2. The van der Waals surface area contributed by atoms with E-state index in [9.17, 15) is 4.79 Å². The molecule has 1 aliphatic rings. The predicted octanol–water partition coefficient (Wildman–Crippen LogP) is 3.49. The molecule has 1 heterocycles. The number of nitrogens with zero attached hydrogens (tertiary/aromatic N) is 2. The van der Waals surface area contributed by atoms with E-state index in [1.54, 1.807) is 12.4 Å². The molecule has 2 aromatic carbocycles. The highest BCUT2D eigenvalue weighted by molar-refractivity contribution is 5.98. The Hall–Kier alpha value is -3.01. The molecule has 118 valence electrons. The third-order valence-corrected chi connectivity index (χ3v) is 4.42. The molecule has 1 aromatic heterocycles. The summed E-state index contributed by atoms with van der Waals surface area (Å²) in [5.41, 5.74) is 5.75. The molecule has 0 saturated heterocycles. The third kappa shape index (κ3) is 2.91. The van der Waals surface area contributed by atoms with Crippen LogP contribution in [0.1, 0.15) is 23.5 Å². The van der Waals surface area contributed by atoms with Crippen molar-refractivity contribution in [3.05, 3.63) is 78.0 Å². The van der Waals surface area contributed by atoms with Crippen LogP contribution in [0.5, 0.6) is 0 Å². The zero-order chi connectivity index (χ0) is 16.4. The number of hydrogen-bond acceptors (Lipinski definition) is 3. The molecule has 1 amide bonds. The van der Waals surface area contributed by atoms with Crippen LogP contribution < -0.4 is 5.43 Å². The molecular formula is C20H17N3O. The van der Waals surface area contributed by atoms with Gasteiger partial charge in [-0.2, -0.15) is 5.10 Å². The zero-order valence-electron chi connectivity index (χ0n) is 13.1. The molecule has 0 bridgehead atoms. The lowest BCUT2D eigenvalue weighted by Crippen LogP contribution is -2.20. The van der Waals surface area contributed by atoms with Crippen molar-refractivity contribution in [3.8, 4) is 0 Å². The van der Waals surface area contributed by atoms with Crippen LogP contribution in [0, 0.1) is 5.92 Å². The molecule has 24 heavy (non-hydrogen) atoms. The van der Waals surface area contributed by atoms with Gasteiger partial charge >= 0.3 is 0 Å². The second-order valence-electron chi connectivity index (χ2n) is 6.01. The first-order valence-electron chi connectivity index (χ1n) is 8.04. The number of carbonyl (C=O) groups excluding carboxylic acids is 1. The summed E-state index contributed by atoms with van der Waals surface area (Å²) in [6.07, 6.45) is 4.32. The normalized spacial score (nSPS) is 19.5. The maximum absolute atomic E-state index is 12.2. The van der Waals surface area contributed by atoms with E-state index in [0.29, 0.717) is 5.92 Å². The molecular weight excluding hydrogens is 298 g/mol. The van der Waals surface area contributed by atoms with Gasteiger partial charge in [-0.05, 0) is 30.0 Å². The number of rotatable bonds is 4. The fraction of sp³-hybridized carbons (Fsp3) is 0.150. The summed E-state index contributed by atoms with van der Waals surface area (Å²) >= 11 is 0. The fourth-order valence-corrected chi connectivity index (χ4v) is 3.03. The average Bonchev–Trinajstić information content (AvgIpc) is 3.43. The quantitative estimate of drug-likeness (QED) is 0.592. The monoisotopic (exact) mass is 315 g/mol. The van der Waals surface area contributed by atoms with Gasteiger partial charge in [0.05, 0.1) is 11.7 Å².